The second kappa shape index (κ2) is 7.00. The smallest absolute Gasteiger partial charge is 0.299 e. The quantitative estimate of drug-likeness (QED) is 0.829. The molecule has 0 bridgehead atoms. The molecule has 2 aromatic heterocycles. The van der Waals surface area contributed by atoms with Crippen LogP contribution in [-0.2, 0) is 5.54 Å². The first-order chi connectivity index (χ1) is 10.9. The molecule has 1 N–H and O–H groups in total. The number of carbonyl (C=O) groups excluding carboxylic acids is 1. The van der Waals surface area contributed by atoms with Crippen molar-refractivity contribution < 1.29 is 9.32 Å². The summed E-state index contributed by atoms with van der Waals surface area (Å²) in [6.07, 6.45) is 3.24. The van der Waals surface area contributed by atoms with Crippen molar-refractivity contribution >= 4 is 18.2 Å². The maximum absolute atomic E-state index is 12.5. The van der Waals surface area contributed by atoms with E-state index in [-0.39, 0.29) is 35.7 Å². The summed E-state index contributed by atoms with van der Waals surface area (Å²) < 4.78 is 6.92. The number of nitrogens with zero attached hydrogens (tertiary/aromatic N) is 5. The Morgan fingerprint density at radius 2 is 2.17 bits per heavy atom. The molecule has 1 unspecified atom stereocenters. The second-order valence-electron chi connectivity index (χ2n) is 6.83. The molecule has 1 fully saturated rings. The van der Waals surface area contributed by atoms with Crippen LogP contribution in [0, 0.1) is 0 Å². The van der Waals surface area contributed by atoms with E-state index in [1.807, 2.05) is 27.8 Å². The molecule has 2 aromatic rings. The number of piperazine rings is 1. The van der Waals surface area contributed by atoms with Gasteiger partial charge in [0.05, 0.1) is 23.3 Å². The Morgan fingerprint density at radius 3 is 2.79 bits per heavy atom. The molecule has 1 aliphatic rings. The number of carbonyl (C=O) groups is 1. The number of hydrogen-bond donors (Lipinski definition) is 1. The number of hydrogen-bond acceptors (Lipinski definition) is 7. The van der Waals surface area contributed by atoms with E-state index < -0.39 is 0 Å². The number of halogens is 1. The Kier molecular flexibility index (Phi) is 5.42. The van der Waals surface area contributed by atoms with E-state index in [0.29, 0.717) is 11.4 Å². The lowest BCUT2D eigenvalue weighted by Gasteiger charge is -2.30. The number of ketones is 1. The van der Waals surface area contributed by atoms with Gasteiger partial charge in [0.2, 0.25) is 0 Å². The molecule has 1 saturated heterocycles. The van der Waals surface area contributed by atoms with Gasteiger partial charge in [-0.15, -0.1) is 12.4 Å². The highest BCUT2D eigenvalue weighted by Crippen LogP contribution is 2.19. The monoisotopic (exact) mass is 354 g/mol. The van der Waals surface area contributed by atoms with Crippen LogP contribution in [0.2, 0.25) is 0 Å². The van der Waals surface area contributed by atoms with Gasteiger partial charge in [0.15, 0.2) is 5.82 Å². The predicted molar refractivity (Wildman–Crippen MR) is 90.4 cm³/mol. The Bertz CT molecular complexity index is 705. The third-order valence-corrected chi connectivity index (χ3v) is 3.98. The van der Waals surface area contributed by atoms with Crippen molar-refractivity contribution in [1.82, 2.24) is 30.1 Å². The maximum Gasteiger partial charge on any atom is 0.299 e. The van der Waals surface area contributed by atoms with Gasteiger partial charge in [-0.1, -0.05) is 5.16 Å². The van der Waals surface area contributed by atoms with E-state index in [4.69, 9.17) is 4.52 Å². The molecule has 1 atom stereocenters. The first-order valence-corrected chi connectivity index (χ1v) is 7.70. The highest BCUT2D eigenvalue weighted by molar-refractivity contribution is 6.05. The molecule has 0 amide bonds. The molecule has 24 heavy (non-hydrogen) atoms. The summed E-state index contributed by atoms with van der Waals surface area (Å²) in [7, 11) is 2.01. The summed E-state index contributed by atoms with van der Waals surface area (Å²) in [5.41, 5.74) is 0.264. The van der Waals surface area contributed by atoms with Gasteiger partial charge in [0.25, 0.3) is 11.7 Å². The molecule has 0 saturated carbocycles. The lowest BCUT2D eigenvalue weighted by molar-refractivity contribution is 0.0993. The van der Waals surface area contributed by atoms with Gasteiger partial charge in [0, 0.05) is 25.8 Å². The number of aromatic nitrogens is 4. The third kappa shape index (κ3) is 3.66. The van der Waals surface area contributed by atoms with E-state index in [2.05, 4.69) is 25.5 Å². The molecule has 0 aliphatic carbocycles. The largest absolute Gasteiger partial charge is 0.330 e. The van der Waals surface area contributed by atoms with E-state index in [9.17, 15) is 4.79 Å². The highest BCUT2D eigenvalue weighted by Gasteiger charge is 2.28. The maximum atomic E-state index is 12.5. The van der Waals surface area contributed by atoms with Gasteiger partial charge < -0.3 is 9.84 Å². The fraction of sp³-hybridized carbons (Fsp3) is 0.600. The molecular formula is C15H23ClN6O2. The van der Waals surface area contributed by atoms with Crippen molar-refractivity contribution in [2.24, 2.45) is 0 Å². The molecule has 8 nitrogen and oxygen atoms in total. The zero-order valence-electron chi connectivity index (χ0n) is 14.3. The van der Waals surface area contributed by atoms with Gasteiger partial charge in [-0.05, 0) is 27.8 Å². The zero-order valence-corrected chi connectivity index (χ0v) is 15.1. The lowest BCUT2D eigenvalue weighted by Crippen LogP contribution is -2.44. The minimum Gasteiger partial charge on any atom is -0.330 e. The molecule has 9 heteroatoms. The fourth-order valence-electron chi connectivity index (χ4n) is 2.49. The molecule has 3 rings (SSSR count). The van der Waals surface area contributed by atoms with Crippen LogP contribution < -0.4 is 5.32 Å². The summed E-state index contributed by atoms with van der Waals surface area (Å²) in [5.74, 6) is 0.240. The topological polar surface area (TPSA) is 89.1 Å². The van der Waals surface area contributed by atoms with Gasteiger partial charge in [0.1, 0.15) is 0 Å². The van der Waals surface area contributed by atoms with E-state index in [0.717, 1.165) is 19.6 Å². The fourth-order valence-corrected chi connectivity index (χ4v) is 2.49. The van der Waals surface area contributed by atoms with Crippen molar-refractivity contribution in [2.45, 2.75) is 32.4 Å². The molecule has 1 aliphatic heterocycles. The first-order valence-electron chi connectivity index (χ1n) is 7.70. The van der Waals surface area contributed by atoms with Crippen LogP contribution in [0.3, 0.4) is 0 Å². The van der Waals surface area contributed by atoms with Gasteiger partial charge in [-0.2, -0.15) is 10.1 Å². The highest BCUT2D eigenvalue weighted by atomic mass is 35.5. The average molecular weight is 355 g/mol. The summed E-state index contributed by atoms with van der Waals surface area (Å²) >= 11 is 0. The molecule has 3 heterocycles. The van der Waals surface area contributed by atoms with Crippen molar-refractivity contribution in [3.8, 4) is 0 Å². The molecule has 0 radical (unpaired) electrons. The Morgan fingerprint density at radius 1 is 1.42 bits per heavy atom. The minimum absolute atomic E-state index is 0. The van der Waals surface area contributed by atoms with E-state index in [1.54, 1.807) is 10.9 Å². The van der Waals surface area contributed by atoms with Gasteiger partial charge in [-0.3, -0.25) is 14.4 Å². The average Bonchev–Trinajstić information content (AvgIpc) is 3.16. The second-order valence-corrected chi connectivity index (χ2v) is 6.83. The van der Waals surface area contributed by atoms with E-state index >= 15 is 0 Å². The summed E-state index contributed by atoms with van der Waals surface area (Å²) in [4.78, 5) is 18.9. The van der Waals surface area contributed by atoms with Crippen molar-refractivity contribution in [3.63, 3.8) is 0 Å². The Hall–Kier alpha value is -1.77. The Labute approximate surface area is 147 Å². The van der Waals surface area contributed by atoms with Crippen LogP contribution in [-0.4, -0.2) is 57.3 Å². The van der Waals surface area contributed by atoms with Crippen molar-refractivity contribution in [2.75, 3.05) is 26.7 Å². The van der Waals surface area contributed by atoms with Crippen LogP contribution in [0.15, 0.2) is 16.9 Å². The number of rotatable bonds is 3. The summed E-state index contributed by atoms with van der Waals surface area (Å²) in [5, 5.41) is 11.5. The Balaban J connectivity index is 0.00000208. The van der Waals surface area contributed by atoms with Crippen molar-refractivity contribution in [1.29, 1.82) is 0 Å². The van der Waals surface area contributed by atoms with Crippen molar-refractivity contribution in [3.05, 3.63) is 29.7 Å². The number of nitrogens with one attached hydrogen (secondary N) is 1. The van der Waals surface area contributed by atoms with Gasteiger partial charge in [-0.25, -0.2) is 0 Å². The lowest BCUT2D eigenvalue weighted by atomic mass is 10.1. The number of likely N-dealkylation sites (N-methyl/N-ethyl adjacent to an activating group) is 1. The van der Waals surface area contributed by atoms with Crippen LogP contribution in [0.5, 0.6) is 0 Å². The standard InChI is InChI=1S/C15H22N6O2.ClH/c1-15(2,3)21-9-10(7-17-21)12(22)14-18-13(19-23-14)11-8-16-5-6-20(11)4;/h7,9,11,16H,5-6,8H2,1-4H3;1H. The molecule has 0 spiro atoms. The van der Waals surface area contributed by atoms with Gasteiger partial charge >= 0.3 is 0 Å². The van der Waals surface area contributed by atoms with Crippen LogP contribution >= 0.6 is 12.4 Å². The predicted octanol–water partition coefficient (Wildman–Crippen LogP) is 1.25. The van der Waals surface area contributed by atoms with E-state index in [1.165, 1.54) is 6.20 Å². The zero-order chi connectivity index (χ0) is 16.6. The SMILES string of the molecule is CN1CCNCC1c1noc(C(=O)c2cnn(C(C)(C)C)c2)n1.Cl. The summed E-state index contributed by atoms with van der Waals surface area (Å²) in [6, 6.07) is 0.0198. The van der Waals surface area contributed by atoms with Crippen LogP contribution in [0.25, 0.3) is 0 Å². The minimum atomic E-state index is -0.300. The molecule has 132 valence electrons. The normalized spacial score (nSPS) is 19.1. The van der Waals surface area contributed by atoms with Crippen LogP contribution in [0.1, 0.15) is 48.9 Å². The third-order valence-electron chi connectivity index (χ3n) is 3.98. The molecular weight excluding hydrogens is 332 g/mol. The summed E-state index contributed by atoms with van der Waals surface area (Å²) in [6.45, 7) is 8.63. The first kappa shape index (κ1) is 18.6. The van der Waals surface area contributed by atoms with Crippen LogP contribution in [0.4, 0.5) is 0 Å². The molecule has 0 aromatic carbocycles.